The summed E-state index contributed by atoms with van der Waals surface area (Å²) in [5, 5.41) is 2.99. The largest absolute Gasteiger partial charge is 0.493 e. The number of imidazole rings is 1. The maximum atomic E-state index is 12.9. The Morgan fingerprint density at radius 3 is 2.50 bits per heavy atom. The van der Waals surface area contributed by atoms with Crippen molar-refractivity contribution < 1.29 is 19.0 Å². The van der Waals surface area contributed by atoms with Gasteiger partial charge in [-0.05, 0) is 42.7 Å². The van der Waals surface area contributed by atoms with Gasteiger partial charge in [0, 0.05) is 12.7 Å². The van der Waals surface area contributed by atoms with E-state index in [1.54, 1.807) is 25.7 Å². The zero-order valence-electron chi connectivity index (χ0n) is 16.6. The maximum absolute atomic E-state index is 12.9. The highest BCUT2D eigenvalue weighted by Gasteiger charge is 2.19. The van der Waals surface area contributed by atoms with Crippen LogP contribution in [0.2, 0.25) is 0 Å². The standard InChI is InChI=1S/C21H25N3O4/c1-5-15-19(24-12-6-7-17(27-3)20(24)23-15)21(25)22-11-10-14-8-9-16(26-2)18(13-14)28-4/h6-9,12-13H,5,10-11H2,1-4H3,(H,22,25). The number of amides is 1. The van der Waals surface area contributed by atoms with Crippen LogP contribution >= 0.6 is 0 Å². The van der Waals surface area contributed by atoms with E-state index in [-0.39, 0.29) is 5.91 Å². The van der Waals surface area contributed by atoms with Gasteiger partial charge in [-0.25, -0.2) is 4.98 Å². The van der Waals surface area contributed by atoms with Crippen LogP contribution in [0.3, 0.4) is 0 Å². The molecule has 0 saturated heterocycles. The minimum Gasteiger partial charge on any atom is -0.493 e. The third kappa shape index (κ3) is 3.74. The molecule has 3 aromatic rings. The lowest BCUT2D eigenvalue weighted by Gasteiger charge is -2.10. The molecule has 2 heterocycles. The summed E-state index contributed by atoms with van der Waals surface area (Å²) in [6.45, 7) is 2.48. The zero-order chi connectivity index (χ0) is 20.1. The Hall–Kier alpha value is -3.22. The summed E-state index contributed by atoms with van der Waals surface area (Å²) in [6, 6.07) is 9.42. The molecule has 1 amide bonds. The van der Waals surface area contributed by atoms with Gasteiger partial charge in [0.2, 0.25) is 0 Å². The fourth-order valence-electron chi connectivity index (χ4n) is 3.18. The summed E-state index contributed by atoms with van der Waals surface area (Å²) in [5.41, 5.74) is 2.98. The molecule has 0 saturated carbocycles. The number of nitrogens with one attached hydrogen (secondary N) is 1. The summed E-state index contributed by atoms with van der Waals surface area (Å²) >= 11 is 0. The van der Waals surface area contributed by atoms with Crippen LogP contribution in [0.15, 0.2) is 36.5 Å². The number of hydrogen-bond acceptors (Lipinski definition) is 5. The van der Waals surface area contributed by atoms with Crippen molar-refractivity contribution in [2.45, 2.75) is 19.8 Å². The smallest absolute Gasteiger partial charge is 0.270 e. The van der Waals surface area contributed by atoms with E-state index in [1.165, 1.54) is 0 Å². The first-order chi connectivity index (χ1) is 13.6. The van der Waals surface area contributed by atoms with Gasteiger partial charge in [-0.2, -0.15) is 0 Å². The van der Waals surface area contributed by atoms with Crippen molar-refractivity contribution in [1.82, 2.24) is 14.7 Å². The number of methoxy groups -OCH3 is 3. The Bertz CT molecular complexity index is 981. The number of hydrogen-bond donors (Lipinski definition) is 1. The highest BCUT2D eigenvalue weighted by molar-refractivity contribution is 5.95. The first kappa shape index (κ1) is 19.5. The van der Waals surface area contributed by atoms with Crippen molar-refractivity contribution in [3.05, 3.63) is 53.5 Å². The van der Waals surface area contributed by atoms with Gasteiger partial charge >= 0.3 is 0 Å². The number of ether oxygens (including phenoxy) is 3. The molecule has 0 atom stereocenters. The molecule has 0 aliphatic heterocycles. The highest BCUT2D eigenvalue weighted by Crippen LogP contribution is 2.27. The minimum absolute atomic E-state index is 0.155. The van der Waals surface area contributed by atoms with Gasteiger partial charge in [-0.15, -0.1) is 0 Å². The molecule has 1 aromatic carbocycles. The molecule has 7 nitrogen and oxygen atoms in total. The molecular weight excluding hydrogens is 358 g/mol. The lowest BCUT2D eigenvalue weighted by molar-refractivity contribution is 0.0947. The molecule has 0 radical (unpaired) electrons. The Morgan fingerprint density at radius 1 is 1.07 bits per heavy atom. The molecular formula is C21H25N3O4. The Labute approximate surface area is 164 Å². The van der Waals surface area contributed by atoms with E-state index in [4.69, 9.17) is 14.2 Å². The van der Waals surface area contributed by atoms with E-state index in [9.17, 15) is 4.79 Å². The van der Waals surface area contributed by atoms with Gasteiger partial charge in [-0.3, -0.25) is 9.20 Å². The van der Waals surface area contributed by atoms with Crippen LogP contribution in [0.5, 0.6) is 17.2 Å². The topological polar surface area (TPSA) is 74.1 Å². The summed E-state index contributed by atoms with van der Waals surface area (Å²) in [4.78, 5) is 17.4. The molecule has 0 aliphatic rings. The number of pyridine rings is 1. The van der Waals surface area contributed by atoms with Crippen molar-refractivity contribution in [3.63, 3.8) is 0 Å². The summed E-state index contributed by atoms with van der Waals surface area (Å²) in [7, 11) is 4.81. The van der Waals surface area contributed by atoms with Crippen molar-refractivity contribution >= 4 is 11.6 Å². The highest BCUT2D eigenvalue weighted by atomic mass is 16.5. The number of aromatic nitrogens is 2. The number of nitrogens with zero attached hydrogens (tertiary/aromatic N) is 2. The Balaban J connectivity index is 1.75. The Kier molecular flexibility index (Phi) is 6.03. The van der Waals surface area contributed by atoms with Crippen LogP contribution < -0.4 is 19.5 Å². The van der Waals surface area contributed by atoms with Gasteiger partial charge < -0.3 is 19.5 Å². The maximum Gasteiger partial charge on any atom is 0.270 e. The van der Waals surface area contributed by atoms with Crippen LogP contribution in [0.4, 0.5) is 0 Å². The van der Waals surface area contributed by atoms with E-state index in [1.807, 2.05) is 43.5 Å². The lowest BCUT2D eigenvalue weighted by Crippen LogP contribution is -2.27. The summed E-state index contributed by atoms with van der Waals surface area (Å²) < 4.78 is 17.7. The average molecular weight is 383 g/mol. The van der Waals surface area contributed by atoms with Crippen LogP contribution in [-0.4, -0.2) is 43.2 Å². The normalized spacial score (nSPS) is 10.7. The van der Waals surface area contributed by atoms with Crippen LogP contribution in [0.1, 0.15) is 28.7 Å². The molecule has 0 spiro atoms. The first-order valence-corrected chi connectivity index (χ1v) is 9.16. The van der Waals surface area contributed by atoms with Gasteiger partial charge in [0.05, 0.1) is 27.0 Å². The van der Waals surface area contributed by atoms with E-state index < -0.39 is 0 Å². The molecule has 0 aliphatic carbocycles. The third-order valence-corrected chi connectivity index (χ3v) is 4.60. The number of fused-ring (bicyclic) bond motifs is 1. The van der Waals surface area contributed by atoms with Crippen LogP contribution in [-0.2, 0) is 12.8 Å². The SMILES string of the molecule is CCc1nc2c(OC)cccn2c1C(=O)NCCc1ccc(OC)c(OC)c1. The number of benzene rings is 1. The monoisotopic (exact) mass is 383 g/mol. The van der Waals surface area contributed by atoms with E-state index >= 15 is 0 Å². The number of rotatable bonds is 8. The van der Waals surface area contributed by atoms with E-state index in [0.717, 1.165) is 11.3 Å². The predicted molar refractivity (Wildman–Crippen MR) is 107 cm³/mol. The fourth-order valence-corrected chi connectivity index (χ4v) is 3.18. The lowest BCUT2D eigenvalue weighted by atomic mass is 10.1. The van der Waals surface area contributed by atoms with E-state index in [0.29, 0.717) is 48.0 Å². The average Bonchev–Trinajstić information content (AvgIpc) is 3.12. The summed E-state index contributed by atoms with van der Waals surface area (Å²) in [6.07, 6.45) is 3.16. The Morgan fingerprint density at radius 2 is 1.82 bits per heavy atom. The van der Waals surface area contributed by atoms with E-state index in [2.05, 4.69) is 10.3 Å². The van der Waals surface area contributed by atoms with Crippen molar-refractivity contribution in [1.29, 1.82) is 0 Å². The van der Waals surface area contributed by atoms with Gasteiger partial charge in [-0.1, -0.05) is 13.0 Å². The molecule has 28 heavy (non-hydrogen) atoms. The van der Waals surface area contributed by atoms with Crippen molar-refractivity contribution in [2.24, 2.45) is 0 Å². The zero-order valence-corrected chi connectivity index (χ0v) is 16.6. The molecule has 148 valence electrons. The molecule has 0 unspecified atom stereocenters. The molecule has 7 heteroatoms. The molecule has 1 N–H and O–H groups in total. The fraction of sp³-hybridized carbons (Fsp3) is 0.333. The van der Waals surface area contributed by atoms with Crippen LogP contribution in [0.25, 0.3) is 5.65 Å². The predicted octanol–water partition coefficient (Wildman–Crippen LogP) is 2.90. The summed E-state index contributed by atoms with van der Waals surface area (Å²) in [5.74, 6) is 1.84. The molecule has 3 rings (SSSR count). The minimum atomic E-state index is -0.155. The molecule has 0 fully saturated rings. The van der Waals surface area contributed by atoms with Crippen molar-refractivity contribution in [3.8, 4) is 17.2 Å². The molecule has 2 aromatic heterocycles. The number of aryl methyl sites for hydroxylation is 1. The second-order valence-electron chi connectivity index (χ2n) is 6.23. The molecule has 0 bridgehead atoms. The first-order valence-electron chi connectivity index (χ1n) is 9.16. The van der Waals surface area contributed by atoms with Gasteiger partial charge in [0.25, 0.3) is 5.91 Å². The van der Waals surface area contributed by atoms with Crippen LogP contribution in [0, 0.1) is 0 Å². The second-order valence-corrected chi connectivity index (χ2v) is 6.23. The third-order valence-electron chi connectivity index (χ3n) is 4.60. The number of carbonyl (C=O) groups excluding carboxylic acids is 1. The van der Waals surface area contributed by atoms with Gasteiger partial charge in [0.15, 0.2) is 22.9 Å². The van der Waals surface area contributed by atoms with Gasteiger partial charge in [0.1, 0.15) is 5.69 Å². The quantitative estimate of drug-likeness (QED) is 0.647. The second kappa shape index (κ2) is 8.65. The van der Waals surface area contributed by atoms with Crippen molar-refractivity contribution in [2.75, 3.05) is 27.9 Å². The number of carbonyl (C=O) groups is 1.